The number of fused-ring (bicyclic) bond motifs is 1. The molecule has 0 aliphatic rings. The maximum atomic E-state index is 13.1. The fourth-order valence-corrected chi connectivity index (χ4v) is 3.08. The Balaban J connectivity index is 2.03. The molecule has 7 heteroatoms. The number of carboxylic acid groups (broad SMARTS) is 1. The van der Waals surface area contributed by atoms with Gasteiger partial charge >= 0.3 is 5.97 Å². The number of aromatic nitrogens is 3. The van der Waals surface area contributed by atoms with Crippen LogP contribution in [0.25, 0.3) is 22.3 Å². The first-order valence-electron chi connectivity index (χ1n) is 9.27. The minimum Gasteiger partial charge on any atom is -0.481 e. The van der Waals surface area contributed by atoms with Crippen molar-refractivity contribution in [3.05, 3.63) is 48.2 Å². The number of carbonyl (C=O) groups excluding carboxylic acids is 1. The monoisotopic (exact) mass is 380 g/mol. The standard InChI is InChI=1S/C21H24N4O3/c1-4-25-19-16(13-22-25)15(12-17(23-19)14-8-6-5-7-9-14)20(28)24-21(2,3)11-10-18(26)27/h5-9,12-13H,4,10-11H2,1-3H3,(H,24,28)(H,26,27). The first-order valence-corrected chi connectivity index (χ1v) is 9.27. The Morgan fingerprint density at radius 2 is 1.93 bits per heavy atom. The Bertz CT molecular complexity index is 1010. The second-order valence-electron chi connectivity index (χ2n) is 7.35. The van der Waals surface area contributed by atoms with E-state index in [1.165, 1.54) is 0 Å². The third kappa shape index (κ3) is 4.19. The van der Waals surface area contributed by atoms with Crippen molar-refractivity contribution in [3.63, 3.8) is 0 Å². The van der Waals surface area contributed by atoms with E-state index in [0.717, 1.165) is 5.56 Å². The van der Waals surface area contributed by atoms with Gasteiger partial charge in [0.15, 0.2) is 5.65 Å². The highest BCUT2D eigenvalue weighted by Gasteiger charge is 2.24. The second kappa shape index (κ2) is 7.80. The summed E-state index contributed by atoms with van der Waals surface area (Å²) in [5.41, 5.74) is 2.08. The van der Waals surface area contributed by atoms with E-state index in [9.17, 15) is 9.59 Å². The van der Waals surface area contributed by atoms with E-state index in [-0.39, 0.29) is 12.3 Å². The van der Waals surface area contributed by atoms with Gasteiger partial charge in [-0.1, -0.05) is 30.3 Å². The Hall–Kier alpha value is -3.22. The molecule has 146 valence electrons. The van der Waals surface area contributed by atoms with Gasteiger partial charge < -0.3 is 10.4 Å². The van der Waals surface area contributed by atoms with E-state index in [2.05, 4.69) is 10.4 Å². The summed E-state index contributed by atoms with van der Waals surface area (Å²) in [6, 6.07) is 11.4. The molecule has 3 aromatic rings. The van der Waals surface area contributed by atoms with Crippen molar-refractivity contribution in [2.45, 2.75) is 45.7 Å². The van der Waals surface area contributed by atoms with E-state index >= 15 is 0 Å². The Morgan fingerprint density at radius 3 is 2.57 bits per heavy atom. The lowest BCUT2D eigenvalue weighted by molar-refractivity contribution is -0.137. The second-order valence-corrected chi connectivity index (χ2v) is 7.35. The van der Waals surface area contributed by atoms with Crippen LogP contribution in [0.15, 0.2) is 42.6 Å². The minimum atomic E-state index is -0.885. The summed E-state index contributed by atoms with van der Waals surface area (Å²) in [5.74, 6) is -1.15. The average Bonchev–Trinajstić information content (AvgIpc) is 3.09. The SMILES string of the molecule is CCn1ncc2c(C(=O)NC(C)(C)CCC(=O)O)cc(-c3ccccc3)nc21. The van der Waals surface area contributed by atoms with E-state index in [1.54, 1.807) is 16.9 Å². The summed E-state index contributed by atoms with van der Waals surface area (Å²) >= 11 is 0. The van der Waals surface area contributed by atoms with Crippen molar-refractivity contribution in [3.8, 4) is 11.3 Å². The van der Waals surface area contributed by atoms with E-state index in [1.807, 2.05) is 51.1 Å². The highest BCUT2D eigenvalue weighted by atomic mass is 16.4. The van der Waals surface area contributed by atoms with Gasteiger partial charge in [-0.3, -0.25) is 9.59 Å². The predicted octanol–water partition coefficient (Wildman–Crippen LogP) is 3.49. The molecule has 2 N–H and O–H groups in total. The number of carboxylic acids is 1. The smallest absolute Gasteiger partial charge is 0.303 e. The van der Waals surface area contributed by atoms with Gasteiger partial charge in [0, 0.05) is 24.1 Å². The maximum absolute atomic E-state index is 13.1. The molecule has 0 bridgehead atoms. The summed E-state index contributed by atoms with van der Waals surface area (Å²) in [4.78, 5) is 28.7. The van der Waals surface area contributed by atoms with E-state index < -0.39 is 11.5 Å². The van der Waals surface area contributed by atoms with Crippen LogP contribution in [-0.4, -0.2) is 37.3 Å². The molecule has 28 heavy (non-hydrogen) atoms. The predicted molar refractivity (Wildman–Crippen MR) is 107 cm³/mol. The molecule has 0 aliphatic carbocycles. The molecular formula is C21H24N4O3. The van der Waals surface area contributed by atoms with Crippen molar-refractivity contribution >= 4 is 22.9 Å². The number of nitrogens with zero attached hydrogens (tertiary/aromatic N) is 3. The van der Waals surface area contributed by atoms with Crippen molar-refractivity contribution in [1.82, 2.24) is 20.1 Å². The van der Waals surface area contributed by atoms with Crippen molar-refractivity contribution in [1.29, 1.82) is 0 Å². The summed E-state index contributed by atoms with van der Waals surface area (Å²) in [7, 11) is 0. The number of pyridine rings is 1. The molecule has 0 saturated carbocycles. The molecule has 2 heterocycles. The Morgan fingerprint density at radius 1 is 1.21 bits per heavy atom. The molecule has 7 nitrogen and oxygen atoms in total. The third-order valence-corrected chi connectivity index (χ3v) is 4.64. The van der Waals surface area contributed by atoms with Crippen LogP contribution in [0.2, 0.25) is 0 Å². The summed E-state index contributed by atoms with van der Waals surface area (Å²) in [6.07, 6.45) is 1.98. The van der Waals surface area contributed by atoms with E-state index in [4.69, 9.17) is 10.1 Å². The van der Waals surface area contributed by atoms with Crippen LogP contribution >= 0.6 is 0 Å². The fourth-order valence-electron chi connectivity index (χ4n) is 3.08. The lowest BCUT2D eigenvalue weighted by Gasteiger charge is -2.26. The van der Waals surface area contributed by atoms with Gasteiger partial charge in [-0.2, -0.15) is 5.10 Å². The molecular weight excluding hydrogens is 356 g/mol. The van der Waals surface area contributed by atoms with Crippen LogP contribution in [0.1, 0.15) is 44.0 Å². The van der Waals surface area contributed by atoms with E-state index in [0.29, 0.717) is 35.3 Å². The number of nitrogens with one attached hydrogen (secondary N) is 1. The zero-order valence-corrected chi connectivity index (χ0v) is 16.3. The number of aryl methyl sites for hydroxylation is 1. The van der Waals surface area contributed by atoms with Crippen LogP contribution in [0, 0.1) is 0 Å². The summed E-state index contributed by atoms with van der Waals surface area (Å²) < 4.78 is 1.76. The fraction of sp³-hybridized carbons (Fsp3) is 0.333. The van der Waals surface area contributed by atoms with Gasteiger partial charge in [0.25, 0.3) is 5.91 Å². The first-order chi connectivity index (χ1) is 13.3. The number of carbonyl (C=O) groups is 2. The zero-order chi connectivity index (χ0) is 20.3. The quantitative estimate of drug-likeness (QED) is 0.654. The molecule has 0 spiro atoms. The molecule has 0 unspecified atom stereocenters. The lowest BCUT2D eigenvalue weighted by atomic mass is 9.97. The molecule has 0 aliphatic heterocycles. The number of hydrogen-bond acceptors (Lipinski definition) is 4. The van der Waals surface area contributed by atoms with Crippen molar-refractivity contribution in [2.24, 2.45) is 0 Å². The molecule has 0 radical (unpaired) electrons. The van der Waals surface area contributed by atoms with Gasteiger partial charge in [-0.25, -0.2) is 9.67 Å². The van der Waals surface area contributed by atoms with Gasteiger partial charge in [-0.05, 0) is 33.3 Å². The molecule has 0 fully saturated rings. The highest BCUT2D eigenvalue weighted by Crippen LogP contribution is 2.25. The number of hydrogen-bond donors (Lipinski definition) is 2. The van der Waals surface area contributed by atoms with Gasteiger partial charge in [0.2, 0.25) is 0 Å². The molecule has 0 saturated heterocycles. The minimum absolute atomic E-state index is 0.0118. The molecule has 3 rings (SSSR count). The average molecular weight is 380 g/mol. The van der Waals surface area contributed by atoms with Gasteiger partial charge in [-0.15, -0.1) is 0 Å². The Kier molecular flexibility index (Phi) is 5.44. The van der Waals surface area contributed by atoms with Crippen LogP contribution in [-0.2, 0) is 11.3 Å². The van der Waals surface area contributed by atoms with Crippen LogP contribution in [0.3, 0.4) is 0 Å². The molecule has 1 aromatic carbocycles. The van der Waals surface area contributed by atoms with Crippen LogP contribution < -0.4 is 5.32 Å². The van der Waals surface area contributed by atoms with Crippen LogP contribution in [0.4, 0.5) is 0 Å². The summed E-state index contributed by atoms with van der Waals surface area (Å²) in [6.45, 7) is 6.25. The van der Waals surface area contributed by atoms with Crippen LogP contribution in [0.5, 0.6) is 0 Å². The lowest BCUT2D eigenvalue weighted by Crippen LogP contribution is -2.43. The molecule has 2 aromatic heterocycles. The maximum Gasteiger partial charge on any atom is 0.303 e. The topological polar surface area (TPSA) is 97.1 Å². The Labute approximate surface area is 163 Å². The number of benzene rings is 1. The van der Waals surface area contributed by atoms with Gasteiger partial charge in [0.05, 0.1) is 22.8 Å². The third-order valence-electron chi connectivity index (χ3n) is 4.64. The molecule has 1 amide bonds. The summed E-state index contributed by atoms with van der Waals surface area (Å²) in [5, 5.41) is 16.9. The first kappa shape index (κ1) is 19.5. The van der Waals surface area contributed by atoms with Crippen molar-refractivity contribution in [2.75, 3.05) is 0 Å². The number of rotatable bonds is 7. The van der Waals surface area contributed by atoms with Gasteiger partial charge in [0.1, 0.15) is 0 Å². The molecule has 0 atom stereocenters. The van der Waals surface area contributed by atoms with Crippen molar-refractivity contribution < 1.29 is 14.7 Å². The number of aliphatic carboxylic acids is 1. The number of amides is 1. The normalized spacial score (nSPS) is 11.5. The highest BCUT2D eigenvalue weighted by molar-refractivity contribution is 6.06. The largest absolute Gasteiger partial charge is 0.481 e. The zero-order valence-electron chi connectivity index (χ0n) is 16.3.